The largest absolute Gasteiger partial charge is 0.396 e. The fourth-order valence-electron chi connectivity index (χ4n) is 6.82. The molecule has 0 radical (unpaired) electrons. The molecule has 286 valence electrons. The van der Waals surface area contributed by atoms with Gasteiger partial charge in [-0.25, -0.2) is 25.9 Å². The van der Waals surface area contributed by atoms with Gasteiger partial charge in [0, 0.05) is 37.6 Å². The molecule has 0 saturated carbocycles. The monoisotopic (exact) mass is 760 g/mol. The van der Waals surface area contributed by atoms with E-state index in [2.05, 4.69) is 4.72 Å². The fourth-order valence-corrected chi connectivity index (χ4v) is 8.12. The van der Waals surface area contributed by atoms with Crippen LogP contribution in [0, 0.1) is 23.6 Å². The van der Waals surface area contributed by atoms with E-state index in [1.807, 2.05) is 48.5 Å². The van der Waals surface area contributed by atoms with Gasteiger partial charge in [0.05, 0.1) is 30.1 Å². The highest BCUT2D eigenvalue weighted by Crippen LogP contribution is 2.46. The van der Waals surface area contributed by atoms with Crippen LogP contribution in [-0.4, -0.2) is 76.1 Å². The first-order valence-electron chi connectivity index (χ1n) is 18.0. The second-order valence-corrected chi connectivity index (χ2v) is 18.3. The van der Waals surface area contributed by atoms with Gasteiger partial charge in [0.15, 0.2) is 0 Å². The van der Waals surface area contributed by atoms with E-state index in [9.17, 15) is 41.3 Å². The van der Waals surface area contributed by atoms with Crippen molar-refractivity contribution in [2.75, 3.05) is 42.9 Å². The van der Waals surface area contributed by atoms with E-state index in [0.29, 0.717) is 37.7 Å². The van der Waals surface area contributed by atoms with Crippen molar-refractivity contribution in [3.63, 3.8) is 0 Å². The zero-order valence-corrected chi connectivity index (χ0v) is 31.7. The number of aliphatic hydroxyl groups is 3. The minimum Gasteiger partial charge on any atom is -0.396 e. The van der Waals surface area contributed by atoms with Crippen molar-refractivity contribution in [3.05, 3.63) is 101 Å². The first-order chi connectivity index (χ1) is 24.7. The molecule has 1 saturated heterocycles. The highest BCUT2D eigenvalue weighted by molar-refractivity contribution is 7.90. The number of aliphatic hydroxyl groups excluding tert-OH is 3. The zero-order valence-electron chi connectivity index (χ0n) is 30.0. The Kier molecular flexibility index (Phi) is 15.4. The normalized spacial score (nSPS) is 17.7. The van der Waals surface area contributed by atoms with Gasteiger partial charge in [-0.3, -0.25) is 4.79 Å². The molecule has 10 nitrogen and oxygen atoms in total. The van der Waals surface area contributed by atoms with Gasteiger partial charge in [0.2, 0.25) is 15.9 Å². The van der Waals surface area contributed by atoms with Crippen molar-refractivity contribution in [1.29, 1.82) is 0 Å². The van der Waals surface area contributed by atoms with Crippen LogP contribution in [0.4, 0.5) is 10.1 Å². The summed E-state index contributed by atoms with van der Waals surface area (Å²) in [6.45, 7) is 0.0959. The summed E-state index contributed by atoms with van der Waals surface area (Å²) in [5, 5.41) is 29.6. The number of hydrogen-bond acceptors (Lipinski definition) is 8. The van der Waals surface area contributed by atoms with Gasteiger partial charge >= 0.3 is 0 Å². The lowest BCUT2D eigenvalue weighted by Gasteiger charge is -2.48. The Morgan fingerprint density at radius 3 is 1.87 bits per heavy atom. The van der Waals surface area contributed by atoms with E-state index < -0.39 is 26.0 Å². The van der Waals surface area contributed by atoms with Gasteiger partial charge in [-0.2, -0.15) is 0 Å². The third kappa shape index (κ3) is 12.7. The standard InChI is InChI=1S/C39H53FN2O8S2/c1-51(47,48)24-23-30(25-41-52(2,49)50)7-3-5-29-11-19-35(20-12-29)42-38(33-13-9-28(10-14-33)6-4-8-31(26-43)27-44)36(39(42)46)21-22-37(45)32-15-17-34(40)18-16-32/h9-20,30-31,36-38,41,43-45H,3-8,21-27H2,1-2H3/t30?,36-,37+,38-/m1/s1. The van der Waals surface area contributed by atoms with Gasteiger partial charge < -0.3 is 20.2 Å². The predicted molar refractivity (Wildman–Crippen MR) is 201 cm³/mol. The van der Waals surface area contributed by atoms with E-state index in [0.717, 1.165) is 54.3 Å². The van der Waals surface area contributed by atoms with Crippen LogP contribution in [0.1, 0.15) is 79.3 Å². The number of hydrogen-bond donors (Lipinski definition) is 4. The average molecular weight is 761 g/mol. The Morgan fingerprint density at radius 2 is 1.33 bits per heavy atom. The highest BCUT2D eigenvalue weighted by Gasteiger charge is 2.48. The molecule has 3 aromatic rings. The maximum Gasteiger partial charge on any atom is 0.233 e. The number of carbonyl (C=O) groups is 1. The van der Waals surface area contributed by atoms with E-state index >= 15 is 0 Å². The molecule has 0 aromatic heterocycles. The summed E-state index contributed by atoms with van der Waals surface area (Å²) < 4.78 is 62.7. The van der Waals surface area contributed by atoms with Crippen molar-refractivity contribution >= 4 is 31.5 Å². The molecule has 1 unspecified atom stereocenters. The number of nitrogens with zero attached hydrogens (tertiary/aromatic N) is 1. The molecule has 1 aliphatic heterocycles. The molecule has 4 N–H and O–H groups in total. The minimum atomic E-state index is -3.40. The fraction of sp³-hybridized carbons (Fsp3) is 0.513. The van der Waals surface area contributed by atoms with Crippen LogP contribution in [0.3, 0.4) is 0 Å². The first-order valence-corrected chi connectivity index (χ1v) is 21.9. The smallest absolute Gasteiger partial charge is 0.233 e. The maximum absolute atomic E-state index is 13.7. The van der Waals surface area contributed by atoms with E-state index in [1.54, 1.807) is 17.0 Å². The van der Waals surface area contributed by atoms with Crippen LogP contribution >= 0.6 is 0 Å². The quantitative estimate of drug-likeness (QED) is 0.105. The summed E-state index contributed by atoms with van der Waals surface area (Å²) in [5.41, 5.74) is 4.48. The van der Waals surface area contributed by atoms with E-state index in [1.165, 1.54) is 18.4 Å². The molecule has 1 amide bonds. The van der Waals surface area contributed by atoms with Gasteiger partial charge in [-0.15, -0.1) is 0 Å². The second kappa shape index (κ2) is 19.2. The Hall–Kier alpha value is -3.20. The SMILES string of the molecule is CS(=O)(=O)CCC(CCCc1ccc(N2C(=O)[C@H](CC[C@H](O)c3ccc(F)cc3)[C@H]2c2ccc(CCCC(CO)CO)cc2)cc1)CNS(C)(=O)=O. The Morgan fingerprint density at radius 1 is 0.769 bits per heavy atom. The number of β-lactam (4-membered cyclic amide) rings is 1. The molecule has 1 aliphatic rings. The Balaban J connectivity index is 1.44. The number of benzene rings is 3. The van der Waals surface area contributed by atoms with Crippen molar-refractivity contribution in [3.8, 4) is 0 Å². The third-order valence-electron chi connectivity index (χ3n) is 9.96. The lowest BCUT2D eigenvalue weighted by molar-refractivity contribution is -0.131. The number of halogens is 1. The third-order valence-corrected chi connectivity index (χ3v) is 11.6. The average Bonchev–Trinajstić information content (AvgIpc) is 3.10. The molecule has 52 heavy (non-hydrogen) atoms. The van der Waals surface area contributed by atoms with Gasteiger partial charge in [-0.05, 0) is 110 Å². The summed E-state index contributed by atoms with van der Waals surface area (Å²) in [5.74, 6) is -1.04. The molecular weight excluding hydrogens is 708 g/mol. The van der Waals surface area contributed by atoms with Crippen LogP contribution in [0.25, 0.3) is 0 Å². The Bertz CT molecular complexity index is 1750. The number of rotatable bonds is 22. The number of nitrogens with one attached hydrogen (secondary N) is 1. The molecule has 0 spiro atoms. The topological polar surface area (TPSA) is 161 Å². The lowest BCUT2D eigenvalue weighted by atomic mass is 9.78. The molecule has 13 heteroatoms. The van der Waals surface area contributed by atoms with Crippen molar-refractivity contribution in [1.82, 2.24) is 4.72 Å². The van der Waals surface area contributed by atoms with E-state index in [4.69, 9.17) is 0 Å². The molecule has 4 atom stereocenters. The number of anilines is 1. The number of carbonyl (C=O) groups excluding carboxylic acids is 1. The number of sulfonamides is 1. The first kappa shape index (κ1) is 41.6. The minimum absolute atomic E-state index is 0.00652. The molecule has 0 bridgehead atoms. The van der Waals surface area contributed by atoms with Crippen LogP contribution < -0.4 is 9.62 Å². The summed E-state index contributed by atoms with van der Waals surface area (Å²) in [6, 6.07) is 21.4. The van der Waals surface area contributed by atoms with Gasteiger partial charge in [0.25, 0.3) is 0 Å². The molecule has 3 aromatic carbocycles. The number of amides is 1. The summed E-state index contributed by atoms with van der Waals surface area (Å²) >= 11 is 0. The molecular formula is C39H53FN2O8S2. The molecule has 0 aliphatic carbocycles. The number of sulfone groups is 1. The Labute approximate surface area is 308 Å². The highest BCUT2D eigenvalue weighted by atomic mass is 32.2. The van der Waals surface area contributed by atoms with Crippen molar-refractivity contribution in [2.45, 2.75) is 69.9 Å². The molecule has 1 fully saturated rings. The van der Waals surface area contributed by atoms with E-state index in [-0.39, 0.29) is 61.0 Å². The molecule has 4 rings (SSSR count). The van der Waals surface area contributed by atoms with Crippen LogP contribution in [0.5, 0.6) is 0 Å². The van der Waals surface area contributed by atoms with Crippen molar-refractivity contribution < 1.29 is 41.3 Å². The van der Waals surface area contributed by atoms with Crippen LogP contribution in [0.2, 0.25) is 0 Å². The summed E-state index contributed by atoms with van der Waals surface area (Å²) in [6.07, 6.45) is 7.01. The summed E-state index contributed by atoms with van der Waals surface area (Å²) in [7, 11) is -6.57. The van der Waals surface area contributed by atoms with Gasteiger partial charge in [-0.1, -0.05) is 48.5 Å². The second-order valence-electron chi connectivity index (χ2n) is 14.2. The number of aryl methyl sites for hydroxylation is 2. The lowest BCUT2D eigenvalue weighted by Crippen LogP contribution is -2.55. The zero-order chi connectivity index (χ0) is 37.9. The van der Waals surface area contributed by atoms with Gasteiger partial charge in [0.1, 0.15) is 15.7 Å². The maximum atomic E-state index is 13.7. The predicted octanol–water partition coefficient (Wildman–Crippen LogP) is 4.89. The summed E-state index contributed by atoms with van der Waals surface area (Å²) in [4.78, 5) is 15.5. The van der Waals surface area contributed by atoms with Crippen molar-refractivity contribution in [2.24, 2.45) is 17.8 Å². The molecule has 1 heterocycles. The van der Waals surface area contributed by atoms with Crippen LogP contribution in [-0.2, 0) is 37.5 Å². The van der Waals surface area contributed by atoms with Crippen LogP contribution in [0.15, 0.2) is 72.8 Å².